The maximum Gasteiger partial charge on any atom is 0.461 e. The number of nitrogens with zero attached hydrogens (tertiary/aromatic N) is 3. The van der Waals surface area contributed by atoms with Crippen LogP contribution in [0.3, 0.4) is 0 Å². The molecule has 0 saturated carbocycles. The zero-order chi connectivity index (χ0) is 26.6. The Labute approximate surface area is 197 Å². The number of rotatable bonds is 6. The topological polar surface area (TPSA) is 59.9 Å². The fourth-order valence-corrected chi connectivity index (χ4v) is 2.21. The molecule has 1 aromatic heterocycles. The van der Waals surface area contributed by atoms with E-state index in [1.165, 1.54) is 48.8 Å². The normalized spacial score (nSPS) is 10.9. The smallest absolute Gasteiger partial charge is 0.428 e. The van der Waals surface area contributed by atoms with E-state index >= 15 is 0 Å². The van der Waals surface area contributed by atoms with Crippen LogP contribution in [0.1, 0.15) is 30.8 Å². The Bertz CT molecular complexity index is 1060. The minimum Gasteiger partial charge on any atom is -0.428 e. The number of nitrogens with one attached hydrogen (secondary N) is 1. The van der Waals surface area contributed by atoms with Gasteiger partial charge in [0, 0.05) is 5.69 Å². The van der Waals surface area contributed by atoms with Crippen LogP contribution in [-0.2, 0) is 6.18 Å². The van der Waals surface area contributed by atoms with Gasteiger partial charge in [-0.2, -0.15) is 35.7 Å². The van der Waals surface area contributed by atoms with E-state index in [-0.39, 0.29) is 17.4 Å². The lowest BCUT2D eigenvalue weighted by Crippen LogP contribution is -2.33. The van der Waals surface area contributed by atoms with Gasteiger partial charge in [0.15, 0.2) is 0 Å². The van der Waals surface area contributed by atoms with Crippen LogP contribution in [0.25, 0.3) is 6.08 Å². The highest BCUT2D eigenvalue weighted by Crippen LogP contribution is 2.31. The molecular weight excluding hydrogens is 481 g/mol. The molecule has 1 heterocycles. The van der Waals surface area contributed by atoms with Gasteiger partial charge in [-0.15, -0.1) is 0 Å². The van der Waals surface area contributed by atoms with Gasteiger partial charge in [-0.1, -0.05) is 44.7 Å². The first-order chi connectivity index (χ1) is 16.4. The maximum atomic E-state index is 12.5. The Morgan fingerprint density at radius 3 is 2.11 bits per heavy atom. The number of aryl methyl sites for hydroxylation is 1. The Morgan fingerprint density at radius 1 is 0.971 bits per heavy atom. The molecule has 190 valence electrons. The van der Waals surface area contributed by atoms with Crippen LogP contribution in [0.4, 0.5) is 42.4 Å². The van der Waals surface area contributed by atoms with E-state index in [2.05, 4.69) is 31.6 Å². The van der Waals surface area contributed by atoms with Gasteiger partial charge < -0.3 is 10.1 Å². The number of aromatic nitrogens is 3. The third-order valence-corrected chi connectivity index (χ3v) is 3.76. The molecule has 0 radical (unpaired) electrons. The van der Waals surface area contributed by atoms with Crippen molar-refractivity contribution in [3.05, 3.63) is 78.4 Å². The molecule has 0 spiro atoms. The number of hydrogen-bond acceptors (Lipinski definition) is 5. The molecule has 3 aromatic rings. The number of ether oxygens (including phenoxy) is 1. The summed E-state index contributed by atoms with van der Waals surface area (Å²) in [5, 5.41) is 2.70. The van der Waals surface area contributed by atoms with Crippen molar-refractivity contribution >= 4 is 17.7 Å². The molecule has 1 N–H and O–H groups in total. The largest absolute Gasteiger partial charge is 0.461 e. The first-order valence-corrected chi connectivity index (χ1v) is 10.1. The van der Waals surface area contributed by atoms with Crippen LogP contribution in [0, 0.1) is 6.92 Å². The molecule has 5 nitrogen and oxygen atoms in total. The van der Waals surface area contributed by atoms with Gasteiger partial charge in [0.25, 0.3) is 0 Å². The fraction of sp³-hybridized carbons (Fsp3) is 0.261. The molecule has 0 unspecified atom stereocenters. The summed E-state index contributed by atoms with van der Waals surface area (Å²) in [5.41, 5.74) is 0.233. The van der Waals surface area contributed by atoms with Crippen molar-refractivity contribution < 1.29 is 35.5 Å². The number of alkyl halides is 7. The van der Waals surface area contributed by atoms with Crippen LogP contribution in [0.2, 0.25) is 0 Å². The van der Waals surface area contributed by atoms with Crippen molar-refractivity contribution in [3.8, 4) is 5.75 Å². The minimum atomic E-state index is -4.46. The van der Waals surface area contributed by atoms with Crippen molar-refractivity contribution in [2.75, 3.05) is 5.32 Å². The Balaban J connectivity index is 0.000000332. The third-order valence-electron chi connectivity index (χ3n) is 3.76. The summed E-state index contributed by atoms with van der Waals surface area (Å²) < 4.78 is 89.7. The van der Waals surface area contributed by atoms with Crippen LogP contribution in [-0.4, -0.2) is 27.5 Å². The van der Waals surface area contributed by atoms with E-state index < -0.39 is 24.3 Å². The number of benzene rings is 2. The van der Waals surface area contributed by atoms with Crippen LogP contribution in [0.5, 0.6) is 5.75 Å². The first-order valence-electron chi connectivity index (χ1n) is 10.1. The van der Waals surface area contributed by atoms with Crippen molar-refractivity contribution in [1.29, 1.82) is 0 Å². The molecule has 3 rings (SSSR count). The molecule has 35 heavy (non-hydrogen) atoms. The van der Waals surface area contributed by atoms with E-state index in [4.69, 9.17) is 0 Å². The highest BCUT2D eigenvalue weighted by Gasteiger charge is 2.43. The van der Waals surface area contributed by atoms with E-state index in [0.717, 1.165) is 12.1 Å². The van der Waals surface area contributed by atoms with Gasteiger partial charge in [0.05, 0.1) is 5.56 Å². The third kappa shape index (κ3) is 9.98. The minimum absolute atomic E-state index is 0.210. The Morgan fingerprint density at radius 2 is 1.60 bits per heavy atom. The molecule has 0 fully saturated rings. The fourth-order valence-electron chi connectivity index (χ4n) is 2.21. The monoisotopic (exact) mass is 504 g/mol. The lowest BCUT2D eigenvalue weighted by Gasteiger charge is -2.16. The predicted octanol–water partition coefficient (Wildman–Crippen LogP) is 7.53. The molecule has 0 aliphatic carbocycles. The highest BCUT2D eigenvalue weighted by molar-refractivity contribution is 5.54. The standard InChI is InChI=1S/C11H9F3N4.C10H8F4O.C2H6/c1-7-15-6-16-10(17-7)18-9-4-2-3-8(5-9)11(12,13)14;1-2-7-3-5-8(6-4-7)15-10(13,14)9(11)12;1-2/h2-6H,1H3,(H,15,16,17,18);2-6,9H,1H2;1-2H3. The van der Waals surface area contributed by atoms with Crippen molar-refractivity contribution in [2.24, 2.45) is 0 Å². The Kier molecular flexibility index (Phi) is 11.1. The predicted molar refractivity (Wildman–Crippen MR) is 119 cm³/mol. The average molecular weight is 504 g/mol. The molecule has 12 heteroatoms. The van der Waals surface area contributed by atoms with Crippen LogP contribution >= 0.6 is 0 Å². The van der Waals surface area contributed by atoms with Gasteiger partial charge in [-0.3, -0.25) is 0 Å². The molecule has 0 atom stereocenters. The summed E-state index contributed by atoms with van der Waals surface area (Å²) >= 11 is 0. The SMILES string of the molecule is C=Cc1ccc(OC(F)(F)C(F)F)cc1.CC.Cc1ncnc(Nc2cccc(C(F)(F)F)c2)n1. The van der Waals surface area contributed by atoms with E-state index in [1.54, 1.807) is 6.92 Å². The van der Waals surface area contributed by atoms with Crippen molar-refractivity contribution in [2.45, 2.75) is 39.5 Å². The highest BCUT2D eigenvalue weighted by atomic mass is 19.4. The average Bonchev–Trinajstić information content (AvgIpc) is 2.81. The second-order valence-electron chi connectivity index (χ2n) is 6.30. The molecule has 0 saturated heterocycles. The van der Waals surface area contributed by atoms with Crippen LogP contribution in [0.15, 0.2) is 61.4 Å². The molecule has 0 aliphatic heterocycles. The van der Waals surface area contributed by atoms with Gasteiger partial charge in [0.1, 0.15) is 17.9 Å². The van der Waals surface area contributed by atoms with Gasteiger partial charge >= 0.3 is 18.7 Å². The maximum absolute atomic E-state index is 12.5. The van der Waals surface area contributed by atoms with Crippen molar-refractivity contribution in [1.82, 2.24) is 15.0 Å². The van der Waals surface area contributed by atoms with E-state index in [1.807, 2.05) is 13.8 Å². The van der Waals surface area contributed by atoms with Crippen LogP contribution < -0.4 is 10.1 Å². The molecule has 2 aromatic carbocycles. The molecular formula is C23H23F7N4O. The summed E-state index contributed by atoms with van der Waals surface area (Å²) in [7, 11) is 0. The summed E-state index contributed by atoms with van der Waals surface area (Å²) in [6.07, 6.45) is -9.90. The zero-order valence-corrected chi connectivity index (χ0v) is 19.0. The number of anilines is 2. The molecule has 0 aliphatic rings. The van der Waals surface area contributed by atoms with Crippen molar-refractivity contribution in [3.63, 3.8) is 0 Å². The number of halogens is 7. The quantitative estimate of drug-likeness (QED) is 0.352. The van der Waals surface area contributed by atoms with E-state index in [9.17, 15) is 30.7 Å². The zero-order valence-electron chi connectivity index (χ0n) is 19.0. The second-order valence-corrected chi connectivity index (χ2v) is 6.30. The summed E-state index contributed by atoms with van der Waals surface area (Å²) in [6.45, 7) is 9.12. The van der Waals surface area contributed by atoms with Gasteiger partial charge in [-0.25, -0.2) is 9.97 Å². The van der Waals surface area contributed by atoms with Gasteiger partial charge in [0.2, 0.25) is 5.95 Å². The number of hydrogen-bond donors (Lipinski definition) is 1. The lowest BCUT2D eigenvalue weighted by atomic mass is 10.2. The lowest BCUT2D eigenvalue weighted by molar-refractivity contribution is -0.253. The van der Waals surface area contributed by atoms with Gasteiger partial charge in [-0.05, 0) is 42.8 Å². The first kappa shape index (κ1) is 29.3. The summed E-state index contributed by atoms with van der Waals surface area (Å²) in [5.74, 6) is 0.382. The molecule has 0 bridgehead atoms. The molecule has 0 amide bonds. The second kappa shape index (κ2) is 13.3. The summed E-state index contributed by atoms with van der Waals surface area (Å²) in [4.78, 5) is 11.6. The Hall–Kier alpha value is -3.70. The summed E-state index contributed by atoms with van der Waals surface area (Å²) in [6, 6.07) is 10.0. The van der Waals surface area contributed by atoms with E-state index in [0.29, 0.717) is 11.4 Å².